The number of carbonyl (C=O) groups is 2. The summed E-state index contributed by atoms with van der Waals surface area (Å²) in [6.45, 7) is 1.91. The summed E-state index contributed by atoms with van der Waals surface area (Å²) in [4.78, 5) is 25.1. The number of esters is 2. The lowest BCUT2D eigenvalue weighted by Gasteiger charge is -2.57. The first-order valence-corrected chi connectivity index (χ1v) is 9.82. The van der Waals surface area contributed by atoms with E-state index in [2.05, 4.69) is 0 Å². The molecule has 1 heterocycles. The lowest BCUT2D eigenvalue weighted by atomic mass is 9.48. The van der Waals surface area contributed by atoms with Gasteiger partial charge in [0, 0.05) is 29.9 Å². The molecule has 0 aromatic heterocycles. The monoisotopic (exact) mass is 386 g/mol. The van der Waals surface area contributed by atoms with Crippen LogP contribution in [0.2, 0.25) is 0 Å². The minimum atomic E-state index is -0.711. The second-order valence-electron chi connectivity index (χ2n) is 8.50. The van der Waals surface area contributed by atoms with Crippen LogP contribution in [-0.2, 0) is 14.3 Å². The summed E-state index contributed by atoms with van der Waals surface area (Å²) in [6.07, 6.45) is 1.92. The third-order valence-corrected chi connectivity index (χ3v) is 6.96. The van der Waals surface area contributed by atoms with Crippen molar-refractivity contribution < 1.29 is 29.3 Å². The molecule has 2 aliphatic carbocycles. The lowest BCUT2D eigenvalue weighted by Crippen LogP contribution is -2.58. The molecule has 0 unspecified atom stereocenters. The van der Waals surface area contributed by atoms with E-state index < -0.39 is 28.9 Å². The number of benzene rings is 1. The van der Waals surface area contributed by atoms with E-state index in [0.29, 0.717) is 17.6 Å². The Bertz CT molecular complexity index is 816. The summed E-state index contributed by atoms with van der Waals surface area (Å²) in [5.74, 6) is -1.14. The Morgan fingerprint density at radius 3 is 2.64 bits per heavy atom. The fourth-order valence-corrected chi connectivity index (χ4v) is 5.67. The molecule has 0 saturated heterocycles. The van der Waals surface area contributed by atoms with Gasteiger partial charge in [0.05, 0.1) is 12.2 Å². The van der Waals surface area contributed by atoms with Crippen LogP contribution in [-0.4, -0.2) is 48.1 Å². The van der Waals surface area contributed by atoms with Gasteiger partial charge in [-0.05, 0) is 36.0 Å². The number of hydrogen-bond donors (Lipinski definition) is 2. The van der Waals surface area contributed by atoms with Crippen molar-refractivity contribution in [1.82, 2.24) is 0 Å². The number of ether oxygens (including phenoxy) is 2. The number of cyclic esters (lactones) is 1. The summed E-state index contributed by atoms with van der Waals surface area (Å²) in [6, 6.07) is 8.73. The SMILES string of the molecule is C[C@]1(CO)CCC[C@]2(CO)C3=C(C[C@@H](OC(=O)c4ccccc4)[C@@H]12)C(=O)OC3. The van der Waals surface area contributed by atoms with E-state index in [9.17, 15) is 19.8 Å². The first-order chi connectivity index (χ1) is 13.4. The van der Waals surface area contributed by atoms with Gasteiger partial charge in [0.25, 0.3) is 0 Å². The topological polar surface area (TPSA) is 93.1 Å². The summed E-state index contributed by atoms with van der Waals surface area (Å²) >= 11 is 0. The van der Waals surface area contributed by atoms with Gasteiger partial charge in [0.15, 0.2) is 0 Å². The van der Waals surface area contributed by atoms with Crippen molar-refractivity contribution in [2.75, 3.05) is 19.8 Å². The molecule has 4 rings (SSSR count). The number of fused-ring (bicyclic) bond motifs is 2. The number of aliphatic hydroxyl groups is 2. The van der Waals surface area contributed by atoms with Crippen molar-refractivity contribution in [3.63, 3.8) is 0 Å². The minimum absolute atomic E-state index is 0.0732. The van der Waals surface area contributed by atoms with Crippen LogP contribution in [0.1, 0.15) is 43.0 Å². The van der Waals surface area contributed by atoms with Crippen LogP contribution >= 0.6 is 0 Å². The normalized spacial score (nSPS) is 34.5. The molecular formula is C22H26O6. The van der Waals surface area contributed by atoms with Crippen LogP contribution < -0.4 is 0 Å². The number of hydrogen-bond acceptors (Lipinski definition) is 6. The maximum atomic E-state index is 12.8. The van der Waals surface area contributed by atoms with Gasteiger partial charge in [-0.25, -0.2) is 9.59 Å². The van der Waals surface area contributed by atoms with E-state index in [0.717, 1.165) is 18.4 Å². The summed E-state index contributed by atoms with van der Waals surface area (Å²) in [5, 5.41) is 20.7. The molecule has 1 aromatic rings. The molecule has 150 valence electrons. The van der Waals surface area contributed by atoms with Crippen molar-refractivity contribution in [1.29, 1.82) is 0 Å². The molecule has 0 spiro atoms. The maximum absolute atomic E-state index is 12.8. The zero-order chi connectivity index (χ0) is 19.9. The fourth-order valence-electron chi connectivity index (χ4n) is 5.67. The first-order valence-electron chi connectivity index (χ1n) is 9.82. The quantitative estimate of drug-likeness (QED) is 0.771. The molecule has 1 fully saturated rings. The van der Waals surface area contributed by atoms with Crippen molar-refractivity contribution in [3.05, 3.63) is 47.0 Å². The van der Waals surface area contributed by atoms with Crippen molar-refractivity contribution in [3.8, 4) is 0 Å². The van der Waals surface area contributed by atoms with Gasteiger partial charge in [0.2, 0.25) is 0 Å². The molecule has 1 aliphatic heterocycles. The average Bonchev–Trinajstić information content (AvgIpc) is 3.10. The molecule has 28 heavy (non-hydrogen) atoms. The summed E-state index contributed by atoms with van der Waals surface area (Å²) < 4.78 is 11.2. The van der Waals surface area contributed by atoms with Crippen LogP contribution in [0, 0.1) is 16.7 Å². The molecule has 0 bridgehead atoms. The molecule has 4 atom stereocenters. The largest absolute Gasteiger partial charge is 0.458 e. The van der Waals surface area contributed by atoms with Crippen LogP contribution in [0.25, 0.3) is 0 Å². The Morgan fingerprint density at radius 2 is 1.96 bits per heavy atom. The van der Waals surface area contributed by atoms with E-state index in [1.54, 1.807) is 24.3 Å². The third-order valence-electron chi connectivity index (χ3n) is 6.96. The molecule has 1 saturated carbocycles. The average molecular weight is 386 g/mol. The first kappa shape index (κ1) is 19.2. The second kappa shape index (κ2) is 7.01. The number of rotatable bonds is 4. The molecule has 6 heteroatoms. The van der Waals surface area contributed by atoms with Crippen LogP contribution in [0.3, 0.4) is 0 Å². The molecule has 0 amide bonds. The Morgan fingerprint density at radius 1 is 1.21 bits per heavy atom. The second-order valence-corrected chi connectivity index (χ2v) is 8.50. The van der Waals surface area contributed by atoms with Crippen LogP contribution in [0.4, 0.5) is 0 Å². The Kier molecular flexibility index (Phi) is 4.79. The zero-order valence-electron chi connectivity index (χ0n) is 16.0. The summed E-state index contributed by atoms with van der Waals surface area (Å²) in [7, 11) is 0. The highest BCUT2D eigenvalue weighted by Gasteiger charge is 2.61. The van der Waals surface area contributed by atoms with Crippen molar-refractivity contribution >= 4 is 11.9 Å². The summed E-state index contributed by atoms with van der Waals surface area (Å²) in [5.41, 5.74) is 0.561. The van der Waals surface area contributed by atoms with Gasteiger partial charge in [-0.3, -0.25) is 0 Å². The van der Waals surface area contributed by atoms with E-state index in [1.807, 2.05) is 13.0 Å². The molecule has 0 radical (unpaired) electrons. The van der Waals surface area contributed by atoms with Gasteiger partial charge in [0.1, 0.15) is 12.7 Å². The van der Waals surface area contributed by atoms with Gasteiger partial charge in [-0.2, -0.15) is 0 Å². The number of aliphatic hydroxyl groups excluding tert-OH is 2. The van der Waals surface area contributed by atoms with Crippen molar-refractivity contribution in [2.45, 2.75) is 38.7 Å². The molecule has 2 N–H and O–H groups in total. The van der Waals surface area contributed by atoms with Crippen LogP contribution in [0.15, 0.2) is 41.5 Å². The fraction of sp³-hybridized carbons (Fsp3) is 0.545. The van der Waals surface area contributed by atoms with E-state index in [4.69, 9.17) is 9.47 Å². The number of carbonyl (C=O) groups excluding carboxylic acids is 2. The highest BCUT2D eigenvalue weighted by atomic mass is 16.5. The van der Waals surface area contributed by atoms with Gasteiger partial charge >= 0.3 is 11.9 Å². The maximum Gasteiger partial charge on any atom is 0.338 e. The zero-order valence-corrected chi connectivity index (χ0v) is 16.0. The lowest BCUT2D eigenvalue weighted by molar-refractivity contribution is -0.137. The van der Waals surface area contributed by atoms with Crippen LogP contribution in [0.5, 0.6) is 0 Å². The Hall–Kier alpha value is -2.18. The van der Waals surface area contributed by atoms with E-state index in [-0.39, 0.29) is 32.2 Å². The predicted molar refractivity (Wildman–Crippen MR) is 100 cm³/mol. The highest BCUT2D eigenvalue weighted by molar-refractivity contribution is 5.93. The standard InChI is InChI=1S/C22H26O6/c1-21(12-23)8-5-9-22(13-24)16-11-27-20(26)15(16)10-17(18(21)22)28-19(25)14-6-3-2-4-7-14/h2-4,6-7,17-18,23-24H,5,8-13H2,1H3/t17-,18+,21-,22+/m1/s1. The predicted octanol–water partition coefficient (Wildman–Crippen LogP) is 2.25. The molecular weight excluding hydrogens is 360 g/mol. The smallest absolute Gasteiger partial charge is 0.338 e. The Balaban J connectivity index is 1.77. The van der Waals surface area contributed by atoms with Crippen molar-refractivity contribution in [2.24, 2.45) is 16.7 Å². The van der Waals surface area contributed by atoms with Gasteiger partial charge in [-0.15, -0.1) is 0 Å². The minimum Gasteiger partial charge on any atom is -0.458 e. The highest BCUT2D eigenvalue weighted by Crippen LogP contribution is 2.61. The van der Waals surface area contributed by atoms with Gasteiger partial charge < -0.3 is 19.7 Å². The molecule has 3 aliphatic rings. The Labute approximate surface area is 164 Å². The molecule has 6 nitrogen and oxygen atoms in total. The van der Waals surface area contributed by atoms with E-state index >= 15 is 0 Å². The van der Waals surface area contributed by atoms with E-state index in [1.165, 1.54) is 0 Å². The van der Waals surface area contributed by atoms with Gasteiger partial charge in [-0.1, -0.05) is 31.5 Å². The molecule has 1 aromatic carbocycles. The third kappa shape index (κ3) is 2.78.